The second-order valence-corrected chi connectivity index (χ2v) is 5.40. The maximum absolute atomic E-state index is 4.38. The molecule has 0 aliphatic rings. The summed E-state index contributed by atoms with van der Waals surface area (Å²) in [4.78, 5) is 0. The van der Waals surface area contributed by atoms with Gasteiger partial charge in [-0.3, -0.25) is 4.68 Å². The van der Waals surface area contributed by atoms with Crippen molar-refractivity contribution in [2.24, 2.45) is 5.92 Å². The van der Waals surface area contributed by atoms with Crippen molar-refractivity contribution in [1.29, 1.82) is 0 Å². The SMILES string of the molecule is CCCNCC(=Cc1cnn(C(C)C)c1)C(C)C. The number of aromatic nitrogens is 2. The zero-order valence-electron chi connectivity index (χ0n) is 12.4. The molecule has 0 unspecified atom stereocenters. The van der Waals surface area contributed by atoms with Crippen LogP contribution < -0.4 is 5.32 Å². The Morgan fingerprint density at radius 2 is 2.11 bits per heavy atom. The summed E-state index contributed by atoms with van der Waals surface area (Å²) in [5.41, 5.74) is 2.64. The Hall–Kier alpha value is -1.09. The lowest BCUT2D eigenvalue weighted by molar-refractivity contribution is 0.532. The molecule has 1 N–H and O–H groups in total. The summed E-state index contributed by atoms with van der Waals surface area (Å²) in [6.45, 7) is 13.0. The van der Waals surface area contributed by atoms with Gasteiger partial charge < -0.3 is 5.32 Å². The van der Waals surface area contributed by atoms with Crippen LogP contribution in [0.3, 0.4) is 0 Å². The Morgan fingerprint density at radius 1 is 1.39 bits per heavy atom. The molecule has 102 valence electrons. The highest BCUT2D eigenvalue weighted by atomic mass is 15.3. The van der Waals surface area contributed by atoms with Crippen molar-refractivity contribution in [1.82, 2.24) is 15.1 Å². The van der Waals surface area contributed by atoms with Gasteiger partial charge in [0.1, 0.15) is 0 Å². The summed E-state index contributed by atoms with van der Waals surface area (Å²) >= 11 is 0. The van der Waals surface area contributed by atoms with Crippen LogP contribution in [0.2, 0.25) is 0 Å². The highest BCUT2D eigenvalue weighted by Gasteiger charge is 2.05. The number of hydrogen-bond donors (Lipinski definition) is 1. The van der Waals surface area contributed by atoms with Gasteiger partial charge in [-0.15, -0.1) is 0 Å². The van der Waals surface area contributed by atoms with Crippen LogP contribution >= 0.6 is 0 Å². The Kier molecular flexibility index (Phi) is 6.13. The molecule has 0 aliphatic heterocycles. The normalized spacial score (nSPS) is 12.7. The number of rotatable bonds is 7. The minimum atomic E-state index is 0.424. The Morgan fingerprint density at radius 3 is 2.61 bits per heavy atom. The largest absolute Gasteiger partial charge is 0.313 e. The van der Waals surface area contributed by atoms with Crippen molar-refractivity contribution in [3.63, 3.8) is 0 Å². The van der Waals surface area contributed by atoms with E-state index < -0.39 is 0 Å². The van der Waals surface area contributed by atoms with Crippen LogP contribution in [0.15, 0.2) is 18.0 Å². The van der Waals surface area contributed by atoms with E-state index in [4.69, 9.17) is 0 Å². The predicted molar refractivity (Wildman–Crippen MR) is 78.6 cm³/mol. The van der Waals surface area contributed by atoms with E-state index in [1.54, 1.807) is 0 Å². The molecule has 0 saturated heterocycles. The van der Waals surface area contributed by atoms with Gasteiger partial charge in [0.15, 0.2) is 0 Å². The van der Waals surface area contributed by atoms with Crippen LogP contribution in [0.25, 0.3) is 6.08 Å². The van der Waals surface area contributed by atoms with E-state index in [1.165, 1.54) is 17.6 Å². The van der Waals surface area contributed by atoms with E-state index in [9.17, 15) is 0 Å². The fourth-order valence-electron chi connectivity index (χ4n) is 1.76. The third-order valence-corrected chi connectivity index (χ3v) is 3.00. The van der Waals surface area contributed by atoms with Crippen molar-refractivity contribution >= 4 is 6.08 Å². The maximum Gasteiger partial charge on any atom is 0.0562 e. The Bertz CT molecular complexity index is 375. The van der Waals surface area contributed by atoms with Crippen molar-refractivity contribution in [2.75, 3.05) is 13.1 Å². The molecule has 0 amide bonds. The van der Waals surface area contributed by atoms with Gasteiger partial charge in [-0.2, -0.15) is 5.10 Å². The molecule has 0 aliphatic carbocycles. The summed E-state index contributed by atoms with van der Waals surface area (Å²) in [5, 5.41) is 7.85. The van der Waals surface area contributed by atoms with Crippen molar-refractivity contribution < 1.29 is 0 Å². The first-order chi connectivity index (χ1) is 8.54. The summed E-state index contributed by atoms with van der Waals surface area (Å²) in [6.07, 6.45) is 7.50. The smallest absolute Gasteiger partial charge is 0.0562 e. The topological polar surface area (TPSA) is 29.9 Å². The molecule has 0 aromatic carbocycles. The molecule has 0 saturated carbocycles. The number of nitrogens with zero attached hydrogens (tertiary/aromatic N) is 2. The van der Waals surface area contributed by atoms with Crippen LogP contribution in [0.5, 0.6) is 0 Å². The molecule has 1 heterocycles. The van der Waals surface area contributed by atoms with E-state index in [0.29, 0.717) is 12.0 Å². The lowest BCUT2D eigenvalue weighted by atomic mass is 10.0. The molecule has 0 fully saturated rings. The molecule has 18 heavy (non-hydrogen) atoms. The van der Waals surface area contributed by atoms with Crippen LogP contribution in [-0.4, -0.2) is 22.9 Å². The first kappa shape index (κ1) is 15.0. The summed E-state index contributed by atoms with van der Waals surface area (Å²) in [6, 6.07) is 0.424. The second kappa shape index (κ2) is 7.37. The third kappa shape index (κ3) is 4.65. The fourth-order valence-corrected chi connectivity index (χ4v) is 1.76. The van der Waals surface area contributed by atoms with Gasteiger partial charge in [-0.25, -0.2) is 0 Å². The molecule has 1 aromatic heterocycles. The van der Waals surface area contributed by atoms with E-state index in [-0.39, 0.29) is 0 Å². The molecular formula is C15H27N3. The van der Waals surface area contributed by atoms with Crippen molar-refractivity contribution in [3.8, 4) is 0 Å². The summed E-state index contributed by atoms with van der Waals surface area (Å²) in [5.74, 6) is 0.566. The zero-order valence-corrected chi connectivity index (χ0v) is 12.4. The van der Waals surface area contributed by atoms with Gasteiger partial charge in [-0.1, -0.05) is 32.4 Å². The number of nitrogens with one attached hydrogen (secondary N) is 1. The summed E-state index contributed by atoms with van der Waals surface area (Å²) < 4.78 is 2.00. The first-order valence-corrected chi connectivity index (χ1v) is 7.00. The van der Waals surface area contributed by atoms with Crippen molar-refractivity contribution in [3.05, 3.63) is 23.5 Å². The monoisotopic (exact) mass is 249 g/mol. The standard InChI is InChI=1S/C15H27N3/c1-6-7-16-10-15(12(2)3)8-14-9-17-18(11-14)13(4)5/h8-9,11-13,16H,6-7,10H2,1-5H3. The third-order valence-electron chi connectivity index (χ3n) is 3.00. The molecule has 3 nitrogen and oxygen atoms in total. The second-order valence-electron chi connectivity index (χ2n) is 5.40. The highest BCUT2D eigenvalue weighted by Crippen LogP contribution is 2.15. The van der Waals surface area contributed by atoms with Crippen LogP contribution in [-0.2, 0) is 0 Å². The van der Waals surface area contributed by atoms with Crippen LogP contribution in [0.1, 0.15) is 52.6 Å². The average molecular weight is 249 g/mol. The molecule has 0 bridgehead atoms. The summed E-state index contributed by atoms with van der Waals surface area (Å²) in [7, 11) is 0. The minimum Gasteiger partial charge on any atom is -0.313 e. The predicted octanol–water partition coefficient (Wildman–Crippen LogP) is 3.50. The first-order valence-electron chi connectivity index (χ1n) is 7.00. The van der Waals surface area contributed by atoms with E-state index in [2.05, 4.69) is 57.3 Å². The zero-order chi connectivity index (χ0) is 13.5. The Labute approximate surface area is 111 Å². The lowest BCUT2D eigenvalue weighted by Crippen LogP contribution is -2.19. The highest BCUT2D eigenvalue weighted by molar-refractivity contribution is 5.51. The van der Waals surface area contributed by atoms with Gasteiger partial charge in [0, 0.05) is 24.3 Å². The van der Waals surface area contributed by atoms with E-state index in [0.717, 1.165) is 13.1 Å². The van der Waals surface area contributed by atoms with E-state index in [1.807, 2.05) is 10.9 Å². The van der Waals surface area contributed by atoms with Gasteiger partial charge in [0.2, 0.25) is 0 Å². The molecule has 0 spiro atoms. The molecule has 0 radical (unpaired) electrons. The van der Waals surface area contributed by atoms with Gasteiger partial charge >= 0.3 is 0 Å². The number of hydrogen-bond acceptors (Lipinski definition) is 2. The van der Waals surface area contributed by atoms with Gasteiger partial charge in [-0.05, 0) is 32.7 Å². The quantitative estimate of drug-likeness (QED) is 0.750. The lowest BCUT2D eigenvalue weighted by Gasteiger charge is -2.12. The molecular weight excluding hydrogens is 222 g/mol. The van der Waals surface area contributed by atoms with Gasteiger partial charge in [0.25, 0.3) is 0 Å². The fraction of sp³-hybridized carbons (Fsp3) is 0.667. The Balaban J connectivity index is 2.73. The van der Waals surface area contributed by atoms with Crippen LogP contribution in [0, 0.1) is 5.92 Å². The maximum atomic E-state index is 4.38. The van der Waals surface area contributed by atoms with E-state index >= 15 is 0 Å². The molecule has 1 rings (SSSR count). The average Bonchev–Trinajstić information content (AvgIpc) is 2.76. The molecule has 3 heteroatoms. The molecule has 0 atom stereocenters. The van der Waals surface area contributed by atoms with Crippen molar-refractivity contribution in [2.45, 2.75) is 47.1 Å². The molecule has 1 aromatic rings. The van der Waals surface area contributed by atoms with Gasteiger partial charge in [0.05, 0.1) is 6.20 Å². The van der Waals surface area contributed by atoms with Crippen LogP contribution in [0.4, 0.5) is 0 Å². The minimum absolute atomic E-state index is 0.424.